The summed E-state index contributed by atoms with van der Waals surface area (Å²) in [5, 5.41) is 22.9. The molecule has 7 amide bonds. The fraction of sp³-hybridized carbons (Fsp3) is 0.353. The Morgan fingerprint density at radius 1 is 0.725 bits per heavy atom. The summed E-state index contributed by atoms with van der Waals surface area (Å²) < 4.78 is 5.84. The molecule has 2 fully saturated rings. The van der Waals surface area contributed by atoms with Gasteiger partial charge in [-0.3, -0.25) is 38.4 Å². The first-order valence-electron chi connectivity index (χ1n) is 23.0. The highest BCUT2D eigenvalue weighted by Crippen LogP contribution is 2.31. The lowest BCUT2D eigenvalue weighted by Crippen LogP contribution is -2.58. The zero-order chi connectivity index (χ0) is 49.5. The Morgan fingerprint density at radius 3 is 1.99 bits per heavy atom. The molecule has 1 heterocycles. The Bertz CT molecular complexity index is 2500. The first-order valence-corrected chi connectivity index (χ1v) is 23.0. The summed E-state index contributed by atoms with van der Waals surface area (Å²) in [6.07, 6.45) is 4.00. The number of carbonyl (C=O) groups excluding carboxylic acids is 8. The molecule has 18 nitrogen and oxygen atoms in total. The SMILES string of the molecule is CCCC(NC(=O)C1CC(CNC(=O)c2ccc(Oc3ccccc3)cc2)CN1C(=O)C(NC(=O)c1ccccc1C(=O)O)C1CCCCC1)C(=O)C(=O)NCC(=O)NC(C(N)=O)c1ccccc1. The average Bonchev–Trinajstić information content (AvgIpc) is 3.80. The molecule has 1 aliphatic carbocycles. The van der Waals surface area contributed by atoms with Crippen LogP contribution in [0.4, 0.5) is 0 Å². The van der Waals surface area contributed by atoms with Gasteiger partial charge in [-0.15, -0.1) is 0 Å². The Balaban J connectivity index is 1.19. The van der Waals surface area contributed by atoms with Crippen molar-refractivity contribution in [3.63, 3.8) is 0 Å². The van der Waals surface area contributed by atoms with Gasteiger partial charge in [-0.05, 0) is 91.6 Å². The quantitative estimate of drug-likeness (QED) is 0.0590. The number of ketones is 1. The Kier molecular flexibility index (Phi) is 17.7. The maximum absolute atomic E-state index is 14.9. The predicted octanol–water partition coefficient (Wildman–Crippen LogP) is 3.82. The number of hydrogen-bond acceptors (Lipinski definition) is 10. The summed E-state index contributed by atoms with van der Waals surface area (Å²) in [5.41, 5.74) is 5.85. The number of carbonyl (C=O) groups is 9. The molecule has 4 aromatic rings. The van der Waals surface area contributed by atoms with Crippen molar-refractivity contribution in [3.8, 4) is 11.5 Å². The highest BCUT2D eigenvalue weighted by molar-refractivity contribution is 6.38. The number of nitrogens with one attached hydrogen (secondary N) is 5. The van der Waals surface area contributed by atoms with Gasteiger partial charge in [0.15, 0.2) is 0 Å². The third-order valence-electron chi connectivity index (χ3n) is 12.3. The van der Waals surface area contributed by atoms with E-state index >= 15 is 0 Å². The lowest BCUT2D eigenvalue weighted by atomic mass is 9.83. The van der Waals surface area contributed by atoms with E-state index in [0.717, 1.165) is 19.3 Å². The molecule has 8 N–H and O–H groups in total. The molecular formula is C51H57N7O11. The van der Waals surface area contributed by atoms with Crippen molar-refractivity contribution in [1.29, 1.82) is 0 Å². The van der Waals surface area contributed by atoms with Gasteiger partial charge in [0.1, 0.15) is 29.6 Å². The molecule has 0 aromatic heterocycles. The van der Waals surface area contributed by atoms with Crippen LogP contribution in [-0.4, -0.2) is 101 Å². The molecular weight excluding hydrogens is 887 g/mol. The van der Waals surface area contributed by atoms with Crippen LogP contribution in [0.1, 0.15) is 101 Å². The zero-order valence-corrected chi connectivity index (χ0v) is 38.2. The van der Waals surface area contributed by atoms with Crippen LogP contribution in [0.3, 0.4) is 0 Å². The molecule has 4 aromatic carbocycles. The third kappa shape index (κ3) is 13.6. The minimum atomic E-state index is -1.38. The van der Waals surface area contributed by atoms with E-state index in [2.05, 4.69) is 26.6 Å². The number of likely N-dealkylation sites (tertiary alicyclic amines) is 1. The molecule has 5 atom stereocenters. The molecule has 5 unspecified atom stereocenters. The number of nitrogens with zero attached hydrogens (tertiary/aromatic N) is 1. The van der Waals surface area contributed by atoms with E-state index in [1.807, 2.05) is 18.2 Å². The summed E-state index contributed by atoms with van der Waals surface area (Å²) in [5.74, 6) is -7.49. The van der Waals surface area contributed by atoms with Crippen molar-refractivity contribution < 1.29 is 53.0 Å². The lowest BCUT2D eigenvalue weighted by Gasteiger charge is -2.35. The maximum Gasteiger partial charge on any atom is 0.336 e. The fourth-order valence-corrected chi connectivity index (χ4v) is 8.72. The van der Waals surface area contributed by atoms with Gasteiger partial charge in [0.05, 0.1) is 23.7 Å². The second kappa shape index (κ2) is 24.2. The van der Waals surface area contributed by atoms with Gasteiger partial charge in [0.25, 0.3) is 17.7 Å². The summed E-state index contributed by atoms with van der Waals surface area (Å²) in [7, 11) is 0. The second-order valence-electron chi connectivity index (χ2n) is 17.2. The van der Waals surface area contributed by atoms with Crippen molar-refractivity contribution in [2.75, 3.05) is 19.6 Å². The van der Waals surface area contributed by atoms with Crippen molar-refractivity contribution in [2.24, 2.45) is 17.6 Å². The summed E-state index contributed by atoms with van der Waals surface area (Å²) in [6, 6.07) is 24.5. The number of primary amides is 1. The molecule has 0 radical (unpaired) electrons. The van der Waals surface area contributed by atoms with Gasteiger partial charge in [0.2, 0.25) is 29.4 Å². The largest absolute Gasteiger partial charge is 0.478 e. The lowest BCUT2D eigenvalue weighted by molar-refractivity contribution is -0.143. The molecule has 1 aliphatic heterocycles. The summed E-state index contributed by atoms with van der Waals surface area (Å²) in [4.78, 5) is 122. The predicted molar refractivity (Wildman–Crippen MR) is 252 cm³/mol. The van der Waals surface area contributed by atoms with Crippen LogP contribution in [0.15, 0.2) is 109 Å². The van der Waals surface area contributed by atoms with Gasteiger partial charge in [-0.2, -0.15) is 0 Å². The van der Waals surface area contributed by atoms with Crippen LogP contribution >= 0.6 is 0 Å². The van der Waals surface area contributed by atoms with Gasteiger partial charge in [-0.1, -0.05) is 93.3 Å². The first-order chi connectivity index (χ1) is 33.2. The van der Waals surface area contributed by atoms with Crippen LogP contribution in [0.25, 0.3) is 0 Å². The van der Waals surface area contributed by atoms with E-state index in [0.29, 0.717) is 41.9 Å². The van der Waals surface area contributed by atoms with E-state index in [4.69, 9.17) is 10.5 Å². The fourth-order valence-electron chi connectivity index (χ4n) is 8.72. The molecule has 1 saturated carbocycles. The topological polar surface area (TPSA) is 272 Å². The number of amides is 7. The molecule has 6 rings (SSSR count). The molecule has 69 heavy (non-hydrogen) atoms. The van der Waals surface area contributed by atoms with Crippen LogP contribution in [0.5, 0.6) is 11.5 Å². The van der Waals surface area contributed by atoms with Gasteiger partial charge >= 0.3 is 5.97 Å². The first kappa shape index (κ1) is 50.5. The van der Waals surface area contributed by atoms with Gasteiger partial charge in [-0.25, -0.2) is 4.79 Å². The van der Waals surface area contributed by atoms with E-state index in [1.165, 1.54) is 29.2 Å². The smallest absolute Gasteiger partial charge is 0.336 e. The van der Waals surface area contributed by atoms with Crippen molar-refractivity contribution in [2.45, 2.75) is 82.5 Å². The van der Waals surface area contributed by atoms with E-state index in [1.54, 1.807) is 73.7 Å². The molecule has 362 valence electrons. The molecule has 0 bridgehead atoms. The number of benzene rings is 4. The number of Topliss-reactive ketones (excluding diaryl/α,β-unsaturated/α-hetero) is 1. The number of carboxylic acids is 1. The second-order valence-corrected chi connectivity index (χ2v) is 17.2. The van der Waals surface area contributed by atoms with Crippen molar-refractivity contribution >= 4 is 53.1 Å². The third-order valence-corrected chi connectivity index (χ3v) is 12.3. The van der Waals surface area contributed by atoms with Crippen molar-refractivity contribution in [1.82, 2.24) is 31.5 Å². The standard InChI is InChI=1S/C51H57N7O11/c1-2-14-39(44(60)49(65)54-29-41(59)56-42(45(52)61)32-15-6-3-7-16-32)55-48(64)40-27-31(28-53-46(62)34-23-25-36(26-24-34)69-35-19-10-5-11-20-35)30-58(40)50(66)43(33-17-8-4-9-18-33)57-47(63)37-21-12-13-22-38(37)51(67)68/h3,5-7,10-13,15-16,19-26,31,33,39-40,42-43H,2,4,8-9,14,17-18,27-30H2,1H3,(H2,52,61)(H,53,62)(H,54,65)(H,55,64)(H,56,59)(H,57,63)(H,67,68). The van der Waals surface area contributed by atoms with E-state index in [9.17, 15) is 48.3 Å². The Hall–Kier alpha value is -7.89. The normalized spacial score (nSPS) is 17.0. The molecule has 0 spiro atoms. The van der Waals surface area contributed by atoms with Gasteiger partial charge < -0.3 is 47.1 Å². The summed E-state index contributed by atoms with van der Waals surface area (Å²) >= 11 is 0. The number of para-hydroxylation sites is 1. The van der Waals surface area contributed by atoms with Crippen LogP contribution in [-0.2, 0) is 28.8 Å². The van der Waals surface area contributed by atoms with E-state index < -0.39 is 89.7 Å². The Morgan fingerprint density at radius 2 is 1.35 bits per heavy atom. The van der Waals surface area contributed by atoms with Crippen LogP contribution in [0.2, 0.25) is 0 Å². The van der Waals surface area contributed by atoms with Crippen LogP contribution in [0, 0.1) is 11.8 Å². The highest BCUT2D eigenvalue weighted by Gasteiger charge is 2.45. The highest BCUT2D eigenvalue weighted by atomic mass is 16.5. The van der Waals surface area contributed by atoms with Crippen molar-refractivity contribution in [3.05, 3.63) is 131 Å². The minimum Gasteiger partial charge on any atom is -0.478 e. The average molecular weight is 944 g/mol. The maximum atomic E-state index is 14.9. The van der Waals surface area contributed by atoms with E-state index in [-0.39, 0.29) is 43.0 Å². The van der Waals surface area contributed by atoms with Gasteiger partial charge in [0, 0.05) is 18.7 Å². The number of nitrogens with two attached hydrogens (primary N) is 1. The summed E-state index contributed by atoms with van der Waals surface area (Å²) in [6.45, 7) is 1.04. The number of ether oxygens (including phenoxy) is 1. The number of hydrogen-bond donors (Lipinski definition) is 7. The molecule has 1 saturated heterocycles. The molecule has 18 heteroatoms. The Labute approximate surface area is 399 Å². The monoisotopic (exact) mass is 943 g/mol. The zero-order valence-electron chi connectivity index (χ0n) is 38.2. The molecule has 2 aliphatic rings. The number of rotatable bonds is 21. The number of aromatic carboxylic acids is 1. The van der Waals surface area contributed by atoms with Crippen LogP contribution < -0.4 is 37.1 Å². The number of carboxylic acid groups (broad SMARTS) is 1. The minimum absolute atomic E-state index is 0.0149.